The van der Waals surface area contributed by atoms with Gasteiger partial charge >= 0.3 is 0 Å². The van der Waals surface area contributed by atoms with Gasteiger partial charge in [0.2, 0.25) is 0 Å². The lowest BCUT2D eigenvalue weighted by Crippen LogP contribution is -2.05. The molecule has 0 unspecified atom stereocenters. The first-order valence-corrected chi connectivity index (χ1v) is 3.79. The molecule has 0 saturated heterocycles. The van der Waals surface area contributed by atoms with Gasteiger partial charge in [-0.1, -0.05) is 15.9 Å². The molecule has 1 heterocycles. The summed E-state index contributed by atoms with van der Waals surface area (Å²) < 4.78 is 12.6. The van der Waals surface area contributed by atoms with Gasteiger partial charge in [0.25, 0.3) is 5.56 Å². The number of halogens is 2. The predicted molar refractivity (Wildman–Crippen MR) is 39.7 cm³/mol. The summed E-state index contributed by atoms with van der Waals surface area (Å²) in [7, 11) is 0. The number of pyridine rings is 1. The Bertz CT molecular complexity index is 283. The Labute approximate surface area is 65.2 Å². The largest absolute Gasteiger partial charge is 0.329 e. The van der Waals surface area contributed by atoms with Crippen molar-refractivity contribution in [1.29, 1.82) is 0 Å². The van der Waals surface area contributed by atoms with Crippen LogP contribution in [-0.2, 0) is 5.33 Å². The van der Waals surface area contributed by atoms with Gasteiger partial charge in [-0.15, -0.1) is 0 Å². The highest BCUT2D eigenvalue weighted by Gasteiger charge is 1.98. The van der Waals surface area contributed by atoms with Crippen molar-refractivity contribution >= 4 is 15.9 Å². The summed E-state index contributed by atoms with van der Waals surface area (Å²) in [5, 5.41) is 0.412. The maximum Gasteiger partial charge on any atom is 0.250 e. The molecule has 0 saturated carbocycles. The van der Waals surface area contributed by atoms with Crippen LogP contribution >= 0.6 is 15.9 Å². The zero-order valence-corrected chi connectivity index (χ0v) is 6.61. The highest BCUT2D eigenvalue weighted by Crippen LogP contribution is 2.05. The second kappa shape index (κ2) is 2.96. The average molecular weight is 206 g/mol. The van der Waals surface area contributed by atoms with Crippen molar-refractivity contribution in [3.8, 4) is 0 Å². The maximum absolute atomic E-state index is 12.6. The average Bonchev–Trinajstić information content (AvgIpc) is 1.88. The molecule has 0 fully saturated rings. The fraction of sp³-hybridized carbons (Fsp3) is 0.167. The Kier molecular flexibility index (Phi) is 2.21. The Morgan fingerprint density at radius 1 is 1.70 bits per heavy atom. The van der Waals surface area contributed by atoms with E-state index in [1.807, 2.05) is 0 Å². The lowest BCUT2D eigenvalue weighted by atomic mass is 10.3. The van der Waals surface area contributed by atoms with Crippen molar-refractivity contribution < 1.29 is 4.39 Å². The Hall–Kier alpha value is -0.640. The molecule has 1 N–H and O–H groups in total. The third kappa shape index (κ3) is 1.44. The molecule has 0 aromatic carbocycles. The topological polar surface area (TPSA) is 32.9 Å². The number of nitrogens with one attached hydrogen (secondary N) is 1. The molecule has 0 aliphatic carbocycles. The highest BCUT2D eigenvalue weighted by atomic mass is 79.9. The summed E-state index contributed by atoms with van der Waals surface area (Å²) in [6.45, 7) is 0. The molecule has 0 aliphatic heterocycles. The number of hydrogen-bond donors (Lipinski definition) is 1. The maximum atomic E-state index is 12.6. The monoisotopic (exact) mass is 205 g/mol. The van der Waals surface area contributed by atoms with Crippen LogP contribution in [0.25, 0.3) is 0 Å². The molecule has 1 aromatic heterocycles. The van der Waals surface area contributed by atoms with Crippen LogP contribution in [0.1, 0.15) is 5.56 Å². The van der Waals surface area contributed by atoms with Gasteiger partial charge in [-0.25, -0.2) is 4.39 Å². The van der Waals surface area contributed by atoms with E-state index < -0.39 is 11.4 Å². The molecule has 0 amide bonds. The quantitative estimate of drug-likeness (QED) is 0.692. The minimum Gasteiger partial charge on any atom is -0.329 e. The zero-order chi connectivity index (χ0) is 7.56. The lowest BCUT2D eigenvalue weighted by molar-refractivity contribution is 0.613. The van der Waals surface area contributed by atoms with Crippen LogP contribution in [0.2, 0.25) is 0 Å². The van der Waals surface area contributed by atoms with Gasteiger partial charge in [-0.05, 0) is 0 Å². The van der Waals surface area contributed by atoms with E-state index in [2.05, 4.69) is 20.9 Å². The molecule has 10 heavy (non-hydrogen) atoms. The van der Waals surface area contributed by atoms with Crippen LogP contribution in [0.5, 0.6) is 0 Å². The van der Waals surface area contributed by atoms with Gasteiger partial charge in [0.1, 0.15) is 5.82 Å². The van der Waals surface area contributed by atoms with Crippen LogP contribution in [0.15, 0.2) is 17.1 Å². The molecule has 1 rings (SSSR count). The van der Waals surface area contributed by atoms with E-state index in [0.717, 1.165) is 6.07 Å². The first-order chi connectivity index (χ1) is 4.74. The van der Waals surface area contributed by atoms with Gasteiger partial charge in [-0.3, -0.25) is 4.79 Å². The molecule has 0 bridgehead atoms. The first kappa shape index (κ1) is 7.47. The van der Waals surface area contributed by atoms with Crippen LogP contribution in [0, 0.1) is 5.82 Å². The molecule has 0 atom stereocenters. The molecule has 0 spiro atoms. The molecule has 0 radical (unpaired) electrons. The van der Waals surface area contributed by atoms with Crippen LogP contribution in [0.3, 0.4) is 0 Å². The number of hydrogen-bond acceptors (Lipinski definition) is 1. The van der Waals surface area contributed by atoms with Crippen molar-refractivity contribution in [3.05, 3.63) is 34.0 Å². The number of rotatable bonds is 1. The van der Waals surface area contributed by atoms with Crippen LogP contribution in [-0.4, -0.2) is 4.98 Å². The number of aromatic nitrogens is 1. The molecule has 2 nitrogen and oxygen atoms in total. The van der Waals surface area contributed by atoms with Crippen molar-refractivity contribution in [2.24, 2.45) is 0 Å². The normalized spacial score (nSPS) is 9.80. The smallest absolute Gasteiger partial charge is 0.250 e. The minimum atomic E-state index is -0.472. The molecule has 1 aromatic rings. The van der Waals surface area contributed by atoms with Crippen LogP contribution in [0.4, 0.5) is 4.39 Å². The van der Waals surface area contributed by atoms with E-state index in [9.17, 15) is 9.18 Å². The van der Waals surface area contributed by atoms with Crippen molar-refractivity contribution in [2.45, 2.75) is 5.33 Å². The Morgan fingerprint density at radius 3 is 2.90 bits per heavy atom. The summed E-state index contributed by atoms with van der Waals surface area (Å²) in [5.41, 5.74) is 0.0433. The minimum absolute atomic E-state index is 0.412. The van der Waals surface area contributed by atoms with E-state index in [1.54, 1.807) is 0 Å². The summed E-state index contributed by atoms with van der Waals surface area (Å²) >= 11 is 3.07. The number of H-pyrrole nitrogens is 1. The van der Waals surface area contributed by atoms with E-state index in [0.29, 0.717) is 10.9 Å². The van der Waals surface area contributed by atoms with Gasteiger partial charge in [-0.2, -0.15) is 0 Å². The van der Waals surface area contributed by atoms with Gasteiger partial charge < -0.3 is 4.98 Å². The fourth-order valence-electron chi connectivity index (χ4n) is 0.579. The van der Waals surface area contributed by atoms with Crippen molar-refractivity contribution in [2.75, 3.05) is 0 Å². The zero-order valence-electron chi connectivity index (χ0n) is 5.03. The standard InChI is InChI=1S/C6H5BrFNO/c7-2-4-3-9-6(10)1-5(4)8/h1,3H,2H2,(H,9,10). The third-order valence-corrected chi connectivity index (χ3v) is 1.70. The molecule has 54 valence electrons. The highest BCUT2D eigenvalue weighted by molar-refractivity contribution is 9.08. The summed E-state index contributed by atoms with van der Waals surface area (Å²) in [5.74, 6) is -0.472. The van der Waals surface area contributed by atoms with E-state index in [4.69, 9.17) is 0 Å². The van der Waals surface area contributed by atoms with Gasteiger partial charge in [0.05, 0.1) is 0 Å². The molecular weight excluding hydrogens is 201 g/mol. The Balaban J connectivity index is 3.19. The van der Waals surface area contributed by atoms with E-state index in [-0.39, 0.29) is 0 Å². The van der Waals surface area contributed by atoms with E-state index in [1.165, 1.54) is 6.20 Å². The van der Waals surface area contributed by atoms with E-state index >= 15 is 0 Å². The van der Waals surface area contributed by atoms with Crippen molar-refractivity contribution in [1.82, 2.24) is 4.98 Å². The first-order valence-electron chi connectivity index (χ1n) is 2.67. The second-order valence-electron chi connectivity index (χ2n) is 1.80. The van der Waals surface area contributed by atoms with Crippen molar-refractivity contribution in [3.63, 3.8) is 0 Å². The summed E-state index contributed by atoms with van der Waals surface area (Å²) in [4.78, 5) is 12.8. The van der Waals surface area contributed by atoms with Gasteiger partial charge in [0.15, 0.2) is 0 Å². The molecular formula is C6H5BrFNO. The van der Waals surface area contributed by atoms with Crippen LogP contribution < -0.4 is 5.56 Å². The number of aromatic amines is 1. The third-order valence-electron chi connectivity index (χ3n) is 1.10. The predicted octanol–water partition coefficient (Wildman–Crippen LogP) is 1.41. The van der Waals surface area contributed by atoms with Gasteiger partial charge in [0, 0.05) is 23.2 Å². The SMILES string of the molecule is O=c1cc(F)c(CBr)c[nH]1. The number of alkyl halides is 1. The molecule has 4 heteroatoms. The Morgan fingerprint density at radius 2 is 2.40 bits per heavy atom. The summed E-state index contributed by atoms with van der Waals surface area (Å²) in [6, 6.07) is 0.927. The fourth-order valence-corrected chi connectivity index (χ4v) is 1.01. The molecule has 0 aliphatic rings. The second-order valence-corrected chi connectivity index (χ2v) is 2.36. The lowest BCUT2D eigenvalue weighted by Gasteiger charge is -1.93. The summed E-state index contributed by atoms with van der Waals surface area (Å²) in [6.07, 6.45) is 1.35.